The highest BCUT2D eigenvalue weighted by Crippen LogP contribution is 2.29. The van der Waals surface area contributed by atoms with Crippen LogP contribution in [0.1, 0.15) is 52.4 Å². The largest absolute Gasteiger partial charge is 0.327 e. The fourth-order valence-electron chi connectivity index (χ4n) is 2.33. The maximum atomic E-state index is 6.26. The van der Waals surface area contributed by atoms with Crippen molar-refractivity contribution in [2.45, 2.75) is 63.7 Å². The van der Waals surface area contributed by atoms with Gasteiger partial charge in [-0.2, -0.15) is 11.8 Å². The Balaban J connectivity index is 2.21. The van der Waals surface area contributed by atoms with Crippen molar-refractivity contribution in [3.8, 4) is 0 Å². The van der Waals surface area contributed by atoms with Gasteiger partial charge in [-0.1, -0.05) is 33.1 Å². The molecule has 3 atom stereocenters. The molecular formula is C12H25NS. The summed E-state index contributed by atoms with van der Waals surface area (Å²) in [5.41, 5.74) is 6.26. The fraction of sp³-hybridized carbons (Fsp3) is 1.00. The molecule has 1 aliphatic heterocycles. The third kappa shape index (κ3) is 4.22. The van der Waals surface area contributed by atoms with E-state index in [9.17, 15) is 0 Å². The molecule has 0 aromatic carbocycles. The van der Waals surface area contributed by atoms with Gasteiger partial charge in [0.25, 0.3) is 0 Å². The Morgan fingerprint density at radius 3 is 2.79 bits per heavy atom. The van der Waals surface area contributed by atoms with E-state index < -0.39 is 0 Å². The lowest BCUT2D eigenvalue weighted by Gasteiger charge is -2.28. The number of rotatable bonds is 5. The molecule has 84 valence electrons. The van der Waals surface area contributed by atoms with Crippen LogP contribution in [0.4, 0.5) is 0 Å². The molecule has 1 saturated heterocycles. The quantitative estimate of drug-likeness (QED) is 0.760. The molecule has 0 bridgehead atoms. The van der Waals surface area contributed by atoms with Gasteiger partial charge in [-0.25, -0.2) is 0 Å². The molecule has 0 radical (unpaired) electrons. The van der Waals surface area contributed by atoms with Crippen LogP contribution in [0.2, 0.25) is 0 Å². The minimum absolute atomic E-state index is 0.446. The summed E-state index contributed by atoms with van der Waals surface area (Å²) in [7, 11) is 0. The zero-order chi connectivity index (χ0) is 10.4. The second kappa shape index (κ2) is 6.73. The Bertz CT molecular complexity index is 143. The second-order valence-corrected chi connectivity index (χ2v) is 6.05. The van der Waals surface area contributed by atoms with Gasteiger partial charge >= 0.3 is 0 Å². The number of hydrogen-bond acceptors (Lipinski definition) is 2. The van der Waals surface area contributed by atoms with Crippen molar-refractivity contribution in [1.82, 2.24) is 0 Å². The van der Waals surface area contributed by atoms with Crippen molar-refractivity contribution in [3.05, 3.63) is 0 Å². The Morgan fingerprint density at radius 1 is 1.43 bits per heavy atom. The molecule has 2 heteroatoms. The lowest BCUT2D eigenvalue weighted by molar-refractivity contribution is 0.414. The van der Waals surface area contributed by atoms with Gasteiger partial charge in [-0.3, -0.25) is 0 Å². The molecule has 1 aliphatic rings. The molecule has 0 saturated carbocycles. The first-order chi connectivity index (χ1) is 6.74. The minimum atomic E-state index is 0.446. The Hall–Kier alpha value is 0.310. The molecule has 0 amide bonds. The third-order valence-corrected chi connectivity index (χ3v) is 4.69. The summed E-state index contributed by atoms with van der Waals surface area (Å²) in [5.74, 6) is 2.15. The van der Waals surface area contributed by atoms with Gasteiger partial charge in [-0.05, 0) is 30.9 Å². The molecule has 1 nitrogen and oxygen atoms in total. The van der Waals surface area contributed by atoms with Gasteiger partial charge in [0.2, 0.25) is 0 Å². The van der Waals surface area contributed by atoms with Gasteiger partial charge in [0.1, 0.15) is 0 Å². The summed E-state index contributed by atoms with van der Waals surface area (Å²) in [6, 6.07) is 0.446. The first kappa shape index (κ1) is 12.4. The van der Waals surface area contributed by atoms with Crippen LogP contribution in [0, 0.1) is 5.92 Å². The van der Waals surface area contributed by atoms with Crippen molar-refractivity contribution in [3.63, 3.8) is 0 Å². The molecule has 1 rings (SSSR count). The fourth-order valence-corrected chi connectivity index (χ4v) is 3.70. The van der Waals surface area contributed by atoms with Gasteiger partial charge in [0.05, 0.1) is 0 Å². The van der Waals surface area contributed by atoms with Gasteiger partial charge in [0.15, 0.2) is 0 Å². The molecule has 0 aliphatic carbocycles. The molecule has 0 aromatic heterocycles. The molecule has 2 N–H and O–H groups in total. The summed E-state index contributed by atoms with van der Waals surface area (Å²) in [4.78, 5) is 0. The molecule has 1 fully saturated rings. The highest BCUT2D eigenvalue weighted by molar-refractivity contribution is 8.00. The van der Waals surface area contributed by atoms with E-state index in [1.165, 1.54) is 44.3 Å². The van der Waals surface area contributed by atoms with E-state index in [0.717, 1.165) is 11.2 Å². The van der Waals surface area contributed by atoms with E-state index in [4.69, 9.17) is 5.73 Å². The molecular weight excluding hydrogens is 190 g/mol. The van der Waals surface area contributed by atoms with Crippen LogP contribution in [-0.4, -0.2) is 17.0 Å². The molecule has 0 spiro atoms. The molecule has 14 heavy (non-hydrogen) atoms. The van der Waals surface area contributed by atoms with Crippen molar-refractivity contribution in [1.29, 1.82) is 0 Å². The normalized spacial score (nSPS) is 27.2. The van der Waals surface area contributed by atoms with Gasteiger partial charge in [-0.15, -0.1) is 0 Å². The number of thioether (sulfide) groups is 1. The lowest BCUT2D eigenvalue weighted by atomic mass is 9.94. The standard InChI is InChI=1S/C12H25NS/c1-3-6-10(2)9-11(13)12-7-4-5-8-14-12/h10-12H,3-9,13H2,1-2H3. The Morgan fingerprint density at radius 2 is 2.21 bits per heavy atom. The summed E-state index contributed by atoms with van der Waals surface area (Å²) in [5, 5.41) is 0.753. The second-order valence-electron chi connectivity index (χ2n) is 4.70. The first-order valence-electron chi connectivity index (χ1n) is 6.11. The third-order valence-electron chi connectivity index (χ3n) is 3.15. The van der Waals surface area contributed by atoms with Crippen LogP contribution in [0.3, 0.4) is 0 Å². The van der Waals surface area contributed by atoms with E-state index >= 15 is 0 Å². The van der Waals surface area contributed by atoms with Crippen LogP contribution in [0.5, 0.6) is 0 Å². The van der Waals surface area contributed by atoms with Crippen molar-refractivity contribution in [2.24, 2.45) is 11.7 Å². The van der Waals surface area contributed by atoms with Gasteiger partial charge in [0, 0.05) is 11.3 Å². The summed E-state index contributed by atoms with van der Waals surface area (Å²) >= 11 is 2.11. The van der Waals surface area contributed by atoms with E-state index in [1.807, 2.05) is 0 Å². The molecule has 3 unspecified atom stereocenters. The lowest BCUT2D eigenvalue weighted by Crippen LogP contribution is -2.35. The maximum absolute atomic E-state index is 6.26. The summed E-state index contributed by atoms with van der Waals surface area (Å²) in [6.45, 7) is 4.61. The maximum Gasteiger partial charge on any atom is 0.0199 e. The van der Waals surface area contributed by atoms with Gasteiger partial charge < -0.3 is 5.73 Å². The van der Waals surface area contributed by atoms with E-state index in [1.54, 1.807) is 0 Å². The minimum Gasteiger partial charge on any atom is -0.327 e. The van der Waals surface area contributed by atoms with Crippen LogP contribution < -0.4 is 5.73 Å². The van der Waals surface area contributed by atoms with E-state index in [2.05, 4.69) is 25.6 Å². The highest BCUT2D eigenvalue weighted by Gasteiger charge is 2.22. The molecule has 0 aromatic rings. The smallest absolute Gasteiger partial charge is 0.0199 e. The SMILES string of the molecule is CCCC(C)CC(N)C1CCCCS1. The predicted molar refractivity (Wildman–Crippen MR) is 66.8 cm³/mol. The average Bonchev–Trinajstić information content (AvgIpc) is 2.19. The van der Waals surface area contributed by atoms with E-state index in [0.29, 0.717) is 6.04 Å². The zero-order valence-electron chi connectivity index (χ0n) is 9.67. The predicted octanol–water partition coefficient (Wildman–Crippen LogP) is 3.43. The summed E-state index contributed by atoms with van der Waals surface area (Å²) < 4.78 is 0. The summed E-state index contributed by atoms with van der Waals surface area (Å²) in [6.07, 6.45) is 8.01. The van der Waals surface area contributed by atoms with Crippen molar-refractivity contribution < 1.29 is 0 Å². The topological polar surface area (TPSA) is 26.0 Å². The van der Waals surface area contributed by atoms with Crippen LogP contribution in [0.25, 0.3) is 0 Å². The van der Waals surface area contributed by atoms with Crippen LogP contribution >= 0.6 is 11.8 Å². The van der Waals surface area contributed by atoms with Crippen LogP contribution in [-0.2, 0) is 0 Å². The van der Waals surface area contributed by atoms with Crippen molar-refractivity contribution in [2.75, 3.05) is 5.75 Å². The van der Waals surface area contributed by atoms with Crippen molar-refractivity contribution >= 4 is 11.8 Å². The van der Waals surface area contributed by atoms with Crippen LogP contribution in [0.15, 0.2) is 0 Å². The Kier molecular flexibility index (Phi) is 5.95. The monoisotopic (exact) mass is 215 g/mol. The Labute approximate surface area is 93.2 Å². The first-order valence-corrected chi connectivity index (χ1v) is 7.16. The molecule has 1 heterocycles. The average molecular weight is 215 g/mol. The van der Waals surface area contributed by atoms with E-state index in [-0.39, 0.29) is 0 Å². The highest BCUT2D eigenvalue weighted by atomic mass is 32.2. The zero-order valence-corrected chi connectivity index (χ0v) is 10.5. The number of nitrogens with two attached hydrogens (primary N) is 1. The number of hydrogen-bond donors (Lipinski definition) is 1.